The van der Waals surface area contributed by atoms with Gasteiger partial charge < -0.3 is 5.32 Å². The van der Waals surface area contributed by atoms with E-state index >= 15 is 0 Å². The maximum Gasteiger partial charge on any atom is 0.170 e. The average Bonchev–Trinajstić information content (AvgIpc) is 2.75. The largest absolute Gasteiger partial charge is 0.317 e. The van der Waals surface area contributed by atoms with E-state index < -0.39 is 0 Å². The van der Waals surface area contributed by atoms with E-state index in [2.05, 4.69) is 12.2 Å². The fraction of sp³-hybridized carbons (Fsp3) is 0.615. The average molecular weight is 237 g/mol. The monoisotopic (exact) mass is 237 g/mol. The van der Waals surface area contributed by atoms with Gasteiger partial charge in [-0.2, -0.15) is 0 Å². The molecule has 2 nitrogen and oxygen atoms in total. The zero-order valence-corrected chi connectivity index (χ0v) is 10.8. The molecule has 1 saturated heterocycles. The smallest absolute Gasteiger partial charge is 0.170 e. The highest BCUT2D eigenvalue weighted by molar-refractivity contribution is 7.10. The third-order valence-corrected chi connectivity index (χ3v) is 4.67. The van der Waals surface area contributed by atoms with Crippen LogP contribution in [0.25, 0.3) is 0 Å². The van der Waals surface area contributed by atoms with E-state index in [1.165, 1.54) is 0 Å². The van der Waals surface area contributed by atoms with Gasteiger partial charge in [0, 0.05) is 15.9 Å². The van der Waals surface area contributed by atoms with Crippen LogP contribution in [-0.2, 0) is 0 Å². The molecule has 1 aliphatic heterocycles. The van der Waals surface area contributed by atoms with Gasteiger partial charge in [0.1, 0.15) is 0 Å². The first kappa shape index (κ1) is 11.8. The fourth-order valence-corrected chi connectivity index (χ4v) is 3.25. The Morgan fingerprint density at radius 1 is 1.50 bits per heavy atom. The highest BCUT2D eigenvalue weighted by Crippen LogP contribution is 2.37. The number of rotatable bonds is 3. The second-order valence-corrected chi connectivity index (χ2v) is 5.72. The first-order chi connectivity index (χ1) is 7.69. The number of thiophene rings is 1. The molecule has 3 heteroatoms. The highest BCUT2D eigenvalue weighted by Gasteiger charge is 2.38. The van der Waals surface area contributed by atoms with Crippen LogP contribution in [0.1, 0.15) is 41.4 Å². The second-order valence-electron chi connectivity index (χ2n) is 4.60. The van der Waals surface area contributed by atoms with Gasteiger partial charge in [-0.15, -0.1) is 11.3 Å². The minimum absolute atomic E-state index is 0.100. The van der Waals surface area contributed by atoms with E-state index in [1.807, 2.05) is 18.4 Å². The molecule has 0 bridgehead atoms. The van der Waals surface area contributed by atoms with Crippen LogP contribution < -0.4 is 5.32 Å². The summed E-state index contributed by atoms with van der Waals surface area (Å²) < 4.78 is 0. The summed E-state index contributed by atoms with van der Waals surface area (Å²) in [5.41, 5.74) is 0.852. The minimum atomic E-state index is -0.100. The summed E-state index contributed by atoms with van der Waals surface area (Å²) >= 11 is 1.67. The second kappa shape index (κ2) is 4.68. The predicted molar refractivity (Wildman–Crippen MR) is 68.2 cm³/mol. The van der Waals surface area contributed by atoms with Crippen molar-refractivity contribution in [3.63, 3.8) is 0 Å². The predicted octanol–water partition coefficient (Wildman–Crippen LogP) is 3.02. The number of piperidine rings is 1. The van der Waals surface area contributed by atoms with Gasteiger partial charge in [-0.1, -0.05) is 6.92 Å². The molecule has 2 heterocycles. The van der Waals surface area contributed by atoms with Crippen LogP contribution in [0.4, 0.5) is 0 Å². The van der Waals surface area contributed by atoms with Gasteiger partial charge >= 0.3 is 0 Å². The van der Waals surface area contributed by atoms with Crippen molar-refractivity contribution in [2.75, 3.05) is 13.1 Å². The van der Waals surface area contributed by atoms with Crippen LogP contribution in [0.5, 0.6) is 0 Å². The quantitative estimate of drug-likeness (QED) is 0.819. The Hall–Kier alpha value is -0.670. The SMILES string of the molecule is CCC1(C(=O)c2ccsc2C)CCNCC1. The molecule has 0 unspecified atom stereocenters. The molecule has 1 fully saturated rings. The van der Waals surface area contributed by atoms with Gasteiger partial charge in [0.05, 0.1) is 0 Å². The van der Waals surface area contributed by atoms with E-state index in [1.54, 1.807) is 11.3 Å². The molecule has 0 amide bonds. The van der Waals surface area contributed by atoms with Crippen molar-refractivity contribution < 1.29 is 4.79 Å². The van der Waals surface area contributed by atoms with E-state index in [4.69, 9.17) is 0 Å². The lowest BCUT2D eigenvalue weighted by Crippen LogP contribution is -2.41. The van der Waals surface area contributed by atoms with Crippen LogP contribution in [-0.4, -0.2) is 18.9 Å². The van der Waals surface area contributed by atoms with Crippen LogP contribution in [0, 0.1) is 12.3 Å². The first-order valence-corrected chi connectivity index (χ1v) is 6.87. The van der Waals surface area contributed by atoms with E-state index in [0.717, 1.165) is 42.8 Å². The Morgan fingerprint density at radius 3 is 2.69 bits per heavy atom. The molecule has 2 rings (SSSR count). The topological polar surface area (TPSA) is 29.1 Å². The molecule has 1 N–H and O–H groups in total. The van der Waals surface area contributed by atoms with Crippen LogP contribution in [0.15, 0.2) is 11.4 Å². The van der Waals surface area contributed by atoms with E-state index in [0.29, 0.717) is 5.78 Å². The lowest BCUT2D eigenvalue weighted by atomic mass is 9.71. The van der Waals surface area contributed by atoms with Gasteiger partial charge in [0.2, 0.25) is 0 Å². The van der Waals surface area contributed by atoms with Crippen molar-refractivity contribution in [2.45, 2.75) is 33.1 Å². The van der Waals surface area contributed by atoms with Crippen LogP contribution in [0.3, 0.4) is 0 Å². The van der Waals surface area contributed by atoms with Gasteiger partial charge in [0.15, 0.2) is 5.78 Å². The molecule has 0 atom stereocenters. The number of aryl methyl sites for hydroxylation is 1. The molecule has 0 radical (unpaired) electrons. The van der Waals surface area contributed by atoms with E-state index in [-0.39, 0.29) is 5.41 Å². The Labute approximate surface area is 101 Å². The summed E-state index contributed by atoms with van der Waals surface area (Å²) in [6, 6.07) is 1.99. The summed E-state index contributed by atoms with van der Waals surface area (Å²) in [6.45, 7) is 6.14. The van der Waals surface area contributed by atoms with E-state index in [9.17, 15) is 4.79 Å². The summed E-state index contributed by atoms with van der Waals surface area (Å²) in [5.74, 6) is 0.371. The Bertz CT molecular complexity index is 377. The third-order valence-electron chi connectivity index (χ3n) is 3.82. The highest BCUT2D eigenvalue weighted by atomic mass is 32.1. The molecule has 0 aliphatic carbocycles. The maximum atomic E-state index is 12.6. The molecule has 0 saturated carbocycles. The lowest BCUT2D eigenvalue weighted by molar-refractivity contribution is 0.0717. The number of carbonyl (C=O) groups excluding carboxylic acids is 1. The summed E-state index contributed by atoms with van der Waals surface area (Å²) in [4.78, 5) is 13.8. The Morgan fingerprint density at radius 2 is 2.19 bits per heavy atom. The third kappa shape index (κ3) is 1.94. The molecule has 0 aromatic carbocycles. The molecular formula is C13H19NOS. The summed E-state index contributed by atoms with van der Waals surface area (Å²) in [5, 5.41) is 5.36. The van der Waals surface area contributed by atoms with Crippen molar-refractivity contribution in [1.82, 2.24) is 5.32 Å². The van der Waals surface area contributed by atoms with Crippen molar-refractivity contribution in [1.29, 1.82) is 0 Å². The Balaban J connectivity index is 2.28. The molecule has 16 heavy (non-hydrogen) atoms. The molecule has 0 spiro atoms. The van der Waals surface area contributed by atoms with Gasteiger partial charge in [-0.25, -0.2) is 0 Å². The number of Topliss-reactive ketones (excluding diaryl/α,β-unsaturated/α-hetero) is 1. The zero-order chi connectivity index (χ0) is 11.6. The first-order valence-electron chi connectivity index (χ1n) is 5.99. The van der Waals surface area contributed by atoms with Crippen molar-refractivity contribution in [2.24, 2.45) is 5.41 Å². The lowest BCUT2D eigenvalue weighted by Gasteiger charge is -2.35. The minimum Gasteiger partial charge on any atom is -0.317 e. The Kier molecular flexibility index (Phi) is 3.45. The number of carbonyl (C=O) groups is 1. The van der Waals surface area contributed by atoms with Gasteiger partial charge in [-0.3, -0.25) is 4.79 Å². The normalized spacial score (nSPS) is 19.6. The van der Waals surface area contributed by atoms with Crippen molar-refractivity contribution >= 4 is 17.1 Å². The van der Waals surface area contributed by atoms with Crippen LogP contribution >= 0.6 is 11.3 Å². The van der Waals surface area contributed by atoms with Crippen LogP contribution in [0.2, 0.25) is 0 Å². The number of hydrogen-bond acceptors (Lipinski definition) is 3. The number of nitrogens with one attached hydrogen (secondary N) is 1. The number of hydrogen-bond donors (Lipinski definition) is 1. The van der Waals surface area contributed by atoms with Gasteiger partial charge in [0.25, 0.3) is 0 Å². The molecule has 1 aliphatic rings. The van der Waals surface area contributed by atoms with Gasteiger partial charge in [-0.05, 0) is 50.7 Å². The van der Waals surface area contributed by atoms with Crippen molar-refractivity contribution in [3.05, 3.63) is 21.9 Å². The number of ketones is 1. The molecule has 1 aromatic heterocycles. The molecular weight excluding hydrogens is 218 g/mol. The molecule has 88 valence electrons. The summed E-state index contributed by atoms with van der Waals surface area (Å²) in [6.07, 6.45) is 2.93. The standard InChI is InChI=1S/C13H19NOS/c1-3-13(5-7-14-8-6-13)12(15)11-4-9-16-10(11)2/h4,9,14H,3,5-8H2,1-2H3. The maximum absolute atomic E-state index is 12.6. The fourth-order valence-electron chi connectivity index (χ4n) is 2.55. The summed E-state index contributed by atoms with van der Waals surface area (Å²) in [7, 11) is 0. The molecule has 1 aromatic rings. The zero-order valence-electron chi connectivity index (χ0n) is 10.0. The van der Waals surface area contributed by atoms with Crippen molar-refractivity contribution in [3.8, 4) is 0 Å².